The topological polar surface area (TPSA) is 67.5 Å². The molecule has 2 heterocycles. The largest absolute Gasteiger partial charge is 0.438 e. The van der Waals surface area contributed by atoms with E-state index in [0.717, 1.165) is 16.5 Å². The van der Waals surface area contributed by atoms with Crippen molar-refractivity contribution < 1.29 is 9.21 Å². The average Bonchev–Trinajstić information content (AvgIpc) is 2.72. The van der Waals surface area contributed by atoms with Crippen LogP contribution in [0.4, 0.5) is 11.5 Å². The summed E-state index contributed by atoms with van der Waals surface area (Å²) in [6.45, 7) is 3.86. The van der Waals surface area contributed by atoms with Gasteiger partial charge in [-0.3, -0.25) is 4.79 Å². The molecule has 0 fully saturated rings. The number of carbonyl (C=O) groups excluding carboxylic acids is 1. The molecule has 0 atom stereocenters. The van der Waals surface area contributed by atoms with Crippen LogP contribution in [0.15, 0.2) is 76.3 Å². The summed E-state index contributed by atoms with van der Waals surface area (Å²) in [4.78, 5) is 21.8. The summed E-state index contributed by atoms with van der Waals surface area (Å²) >= 11 is 6.12. The van der Waals surface area contributed by atoms with Gasteiger partial charge in [0.2, 0.25) is 5.55 Å². The van der Waals surface area contributed by atoms with Gasteiger partial charge in [0.15, 0.2) is 0 Å². The molecule has 0 saturated carbocycles. The summed E-state index contributed by atoms with van der Waals surface area (Å²) in [6.07, 6.45) is 1.70. The van der Waals surface area contributed by atoms with Gasteiger partial charge in [0.25, 0.3) is 5.91 Å². The van der Waals surface area contributed by atoms with Gasteiger partial charge in [-0.15, -0.1) is 0 Å². The van der Waals surface area contributed by atoms with Crippen molar-refractivity contribution in [3.63, 3.8) is 0 Å². The van der Waals surface area contributed by atoms with Crippen molar-refractivity contribution in [2.75, 3.05) is 5.32 Å². The van der Waals surface area contributed by atoms with Gasteiger partial charge in [0.1, 0.15) is 17.0 Å². The number of halogens is 1. The van der Waals surface area contributed by atoms with Crippen molar-refractivity contribution in [3.8, 4) is 0 Å². The van der Waals surface area contributed by atoms with Gasteiger partial charge in [-0.1, -0.05) is 41.9 Å². The maximum atomic E-state index is 13.0. The van der Waals surface area contributed by atoms with Crippen LogP contribution in [0.3, 0.4) is 0 Å². The first kappa shape index (κ1) is 18.9. The second-order valence-electron chi connectivity index (χ2n) is 6.72. The second-order valence-corrected chi connectivity index (χ2v) is 7.16. The normalized spacial score (nSPS) is 11.6. The highest BCUT2D eigenvalue weighted by molar-refractivity contribution is 6.30. The fourth-order valence-electron chi connectivity index (χ4n) is 2.85. The highest BCUT2D eigenvalue weighted by Crippen LogP contribution is 2.23. The van der Waals surface area contributed by atoms with Crippen molar-refractivity contribution in [2.45, 2.75) is 13.8 Å². The lowest BCUT2D eigenvalue weighted by molar-refractivity contribution is 0.102. The van der Waals surface area contributed by atoms with E-state index in [9.17, 15) is 4.79 Å². The number of amides is 1. The molecule has 29 heavy (non-hydrogen) atoms. The monoisotopic (exact) mass is 403 g/mol. The number of hydrogen-bond acceptors (Lipinski definition) is 4. The molecule has 2 aromatic carbocycles. The predicted molar refractivity (Wildman–Crippen MR) is 115 cm³/mol. The fraction of sp³-hybridized carbons (Fsp3) is 0.0870. The molecule has 0 spiro atoms. The smallest absolute Gasteiger partial charge is 0.262 e. The Hall–Kier alpha value is -3.44. The van der Waals surface area contributed by atoms with E-state index in [1.54, 1.807) is 30.5 Å². The molecule has 1 N–H and O–H groups in total. The van der Waals surface area contributed by atoms with Crippen LogP contribution in [0.1, 0.15) is 21.5 Å². The molecule has 0 aliphatic heterocycles. The third kappa shape index (κ3) is 4.20. The predicted octanol–water partition coefficient (Wildman–Crippen LogP) is 5.58. The molecule has 0 bridgehead atoms. The Labute approximate surface area is 172 Å². The number of nitrogens with one attached hydrogen (secondary N) is 1. The molecule has 0 unspecified atom stereocenters. The molecule has 2 aromatic heterocycles. The van der Waals surface area contributed by atoms with Crippen molar-refractivity contribution >= 4 is 40.0 Å². The summed E-state index contributed by atoms with van der Waals surface area (Å²) in [5, 5.41) is 4.17. The number of pyridine rings is 1. The van der Waals surface area contributed by atoms with Crippen LogP contribution in [0, 0.1) is 13.8 Å². The average molecular weight is 404 g/mol. The Morgan fingerprint density at radius 2 is 1.90 bits per heavy atom. The van der Waals surface area contributed by atoms with Gasteiger partial charge in [-0.25, -0.2) is 9.98 Å². The lowest BCUT2D eigenvalue weighted by Gasteiger charge is -2.07. The quantitative estimate of drug-likeness (QED) is 0.485. The minimum Gasteiger partial charge on any atom is -0.438 e. The third-order valence-corrected chi connectivity index (χ3v) is 4.68. The number of carbonyl (C=O) groups is 1. The summed E-state index contributed by atoms with van der Waals surface area (Å²) in [6, 6.07) is 18.3. The number of hydrogen-bond donors (Lipinski definition) is 1. The lowest BCUT2D eigenvalue weighted by atomic mass is 10.1. The van der Waals surface area contributed by atoms with Crippen LogP contribution >= 0.6 is 11.6 Å². The maximum absolute atomic E-state index is 13.0. The number of nitrogens with zero attached hydrogens (tertiary/aromatic N) is 2. The minimum atomic E-state index is -0.353. The Kier molecular flexibility index (Phi) is 5.14. The number of anilines is 1. The molecule has 0 saturated heterocycles. The Morgan fingerprint density at radius 1 is 1.07 bits per heavy atom. The molecule has 5 nitrogen and oxygen atoms in total. The number of para-hydroxylation sites is 1. The summed E-state index contributed by atoms with van der Waals surface area (Å²) < 4.78 is 5.98. The molecule has 6 heteroatoms. The van der Waals surface area contributed by atoms with Crippen LogP contribution in [0.25, 0.3) is 11.0 Å². The van der Waals surface area contributed by atoms with E-state index >= 15 is 0 Å². The summed E-state index contributed by atoms with van der Waals surface area (Å²) in [5.41, 5.74) is 3.72. The highest BCUT2D eigenvalue weighted by Gasteiger charge is 2.14. The van der Waals surface area contributed by atoms with E-state index in [1.165, 1.54) is 0 Å². The Balaban J connectivity index is 1.86. The van der Waals surface area contributed by atoms with E-state index in [0.29, 0.717) is 27.7 Å². The SMILES string of the molecule is Cc1ccc(NC(=O)c2cc3ccccc3oc2=Nc2cc(Cl)ccc2C)nc1. The number of aromatic nitrogens is 1. The van der Waals surface area contributed by atoms with Gasteiger partial charge in [-0.2, -0.15) is 0 Å². The molecule has 0 radical (unpaired) electrons. The lowest BCUT2D eigenvalue weighted by Crippen LogP contribution is -2.22. The molecular formula is C23H18ClN3O2. The zero-order valence-electron chi connectivity index (χ0n) is 15.9. The second kappa shape index (κ2) is 7.89. The first-order chi connectivity index (χ1) is 14.0. The van der Waals surface area contributed by atoms with Gasteiger partial charge in [-0.05, 0) is 55.3 Å². The van der Waals surface area contributed by atoms with E-state index in [4.69, 9.17) is 16.0 Å². The van der Waals surface area contributed by atoms with Crippen LogP contribution in [0.5, 0.6) is 0 Å². The molecule has 0 aliphatic rings. The first-order valence-corrected chi connectivity index (χ1v) is 9.45. The number of fused-ring (bicyclic) bond motifs is 1. The van der Waals surface area contributed by atoms with Gasteiger partial charge in [0, 0.05) is 16.6 Å². The molecule has 4 rings (SSSR count). The van der Waals surface area contributed by atoms with Crippen LogP contribution in [-0.4, -0.2) is 10.9 Å². The van der Waals surface area contributed by atoms with Crippen molar-refractivity contribution in [1.82, 2.24) is 4.98 Å². The Bertz CT molecular complexity index is 1280. The number of rotatable bonds is 3. The summed E-state index contributed by atoms with van der Waals surface area (Å²) in [7, 11) is 0. The molecule has 0 aliphatic carbocycles. The zero-order chi connectivity index (χ0) is 20.4. The van der Waals surface area contributed by atoms with Crippen LogP contribution < -0.4 is 10.9 Å². The molecule has 144 valence electrons. The first-order valence-electron chi connectivity index (χ1n) is 9.07. The van der Waals surface area contributed by atoms with Crippen molar-refractivity contribution in [1.29, 1.82) is 0 Å². The number of benzene rings is 2. The fourth-order valence-corrected chi connectivity index (χ4v) is 3.02. The molecular weight excluding hydrogens is 386 g/mol. The zero-order valence-corrected chi connectivity index (χ0v) is 16.7. The van der Waals surface area contributed by atoms with Gasteiger partial charge < -0.3 is 9.73 Å². The molecule has 4 aromatic rings. The van der Waals surface area contributed by atoms with E-state index in [1.807, 2.05) is 50.2 Å². The van der Waals surface area contributed by atoms with Gasteiger partial charge in [0.05, 0.1) is 5.69 Å². The van der Waals surface area contributed by atoms with Crippen molar-refractivity contribution in [3.05, 3.63) is 94.1 Å². The Morgan fingerprint density at radius 3 is 2.69 bits per heavy atom. The highest BCUT2D eigenvalue weighted by atomic mass is 35.5. The van der Waals surface area contributed by atoms with E-state index in [-0.39, 0.29) is 11.5 Å². The number of aryl methyl sites for hydroxylation is 2. The van der Waals surface area contributed by atoms with Crippen LogP contribution in [0.2, 0.25) is 5.02 Å². The van der Waals surface area contributed by atoms with E-state index in [2.05, 4.69) is 15.3 Å². The minimum absolute atomic E-state index is 0.207. The maximum Gasteiger partial charge on any atom is 0.262 e. The van der Waals surface area contributed by atoms with Crippen LogP contribution in [-0.2, 0) is 0 Å². The van der Waals surface area contributed by atoms with Gasteiger partial charge >= 0.3 is 0 Å². The molecule has 1 amide bonds. The third-order valence-electron chi connectivity index (χ3n) is 4.45. The van der Waals surface area contributed by atoms with E-state index < -0.39 is 0 Å². The summed E-state index contributed by atoms with van der Waals surface area (Å²) in [5.74, 6) is 0.105. The standard InChI is InChI=1S/C23H18ClN3O2/c1-14-7-10-21(25-13-14)27-22(28)18-11-16-5-3-4-6-20(16)29-23(18)26-19-12-17(24)9-8-15(19)2/h3-13H,1-2H3,(H,25,27,28). The van der Waals surface area contributed by atoms with Crippen molar-refractivity contribution in [2.24, 2.45) is 4.99 Å².